The highest BCUT2D eigenvalue weighted by Gasteiger charge is 2.40. The second-order valence-electron chi connectivity index (χ2n) is 28.3. The summed E-state index contributed by atoms with van der Waals surface area (Å²) in [5.41, 5.74) is 22.4. The SMILES string of the molecule is CCC(=O)NC1(C)CNCCNCC(NCCN)(NC(=O)CCCC(=O)N[C@@H](Cc2ccc(O)cc2)C(=O)NCCCCCC(=O)N[C@@H](CSC2CC(=O)N(CCCNCCCCC3NC(=O)[C@@H](Cc4ccccc4)NC(=O)[C@@H](CC(=O)O)NC(=O)CNC(=O)[C@H](CCCN=C(N)N)NC3=O)C2=O)C(N)=O)CNCCNC1. The molecule has 622 valence electrons. The smallest absolute Gasteiger partial charge is 0.305 e. The Bertz CT molecular complexity index is 3430. The Labute approximate surface area is 657 Å². The maximum atomic E-state index is 14.2. The number of aliphatic carboxylic acids is 1. The van der Waals surface area contributed by atoms with Crippen LogP contribution in [-0.4, -0.2) is 267 Å². The standard InChI is InChI=1S/C73H118N22O16S/c1-3-57(97)93-72(2)43-79-32-34-81-45-73(86-31-26-74,46-82-35-33-80-44-72)94-60(100)21-12-20-59(99)87-52(38-48-22-24-49(96)25-23-48)66(107)83-29-10-5-8-19-58(98)89-55(64(75)105)42-112-56-40-62(102)95(70(56)111)36-14-28-78-27-11-9-17-51-67(108)90-50(18-13-30-84-71(76)77)65(106)85-41-61(101)88-54(39-63(103)104)69(110)92-53(68(109)91-51)37-47-15-6-4-7-16-47/h4,6-7,15-16,22-25,50-56,78-82,86,96H,3,5,8-14,17-21,26-46,74H2,1-2H3,(H2,75,105)(H,83,107)(H,85,106)(H,87,99)(H,88,101)(H,89,98)(H,90,108)(H,91,109)(H,92,110)(H,93,97)(H,94,100)(H,103,104)(H4,76,77,84)/t50-,51?,52-,53+,54+,55-,56?,72?,73?/m0/s1. The number of thioether (sulfide) groups is 1. The van der Waals surface area contributed by atoms with Crippen molar-refractivity contribution in [2.75, 3.05) is 110 Å². The third-order valence-corrected chi connectivity index (χ3v) is 19.9. The van der Waals surface area contributed by atoms with Crippen molar-refractivity contribution in [2.45, 2.75) is 182 Å². The molecule has 0 bridgehead atoms. The molecule has 3 heterocycles. The normalized spacial score (nSPS) is 21.8. The number of nitrogens with zero attached hydrogens (tertiary/aromatic N) is 2. The minimum atomic E-state index is -1.65. The van der Waals surface area contributed by atoms with Crippen LogP contribution in [0.15, 0.2) is 59.6 Å². The van der Waals surface area contributed by atoms with Crippen molar-refractivity contribution in [3.8, 4) is 5.75 Å². The van der Waals surface area contributed by atoms with Crippen molar-refractivity contribution in [2.24, 2.45) is 27.9 Å². The molecule has 0 saturated carbocycles. The summed E-state index contributed by atoms with van der Waals surface area (Å²) in [6.07, 6.45) is 2.20. The van der Waals surface area contributed by atoms with Crippen molar-refractivity contribution in [3.63, 3.8) is 0 Å². The van der Waals surface area contributed by atoms with Crippen molar-refractivity contribution < 1.29 is 77.3 Å². The molecule has 0 spiro atoms. The van der Waals surface area contributed by atoms with Crippen molar-refractivity contribution in [1.29, 1.82) is 0 Å². The van der Waals surface area contributed by atoms with Gasteiger partial charge in [-0.1, -0.05) is 55.8 Å². The van der Waals surface area contributed by atoms with E-state index in [9.17, 15) is 77.3 Å². The lowest BCUT2D eigenvalue weighted by molar-refractivity contribution is -0.141. The number of hydrogen-bond acceptors (Lipinski definition) is 24. The van der Waals surface area contributed by atoms with Crippen LogP contribution in [0, 0.1) is 0 Å². The molecule has 39 heteroatoms. The summed E-state index contributed by atoms with van der Waals surface area (Å²) in [4.78, 5) is 191. The molecule has 2 aromatic rings. The summed E-state index contributed by atoms with van der Waals surface area (Å²) < 4.78 is 0. The lowest BCUT2D eigenvalue weighted by atomic mass is 10.0. The summed E-state index contributed by atoms with van der Waals surface area (Å²) in [5, 5.41) is 66.2. The van der Waals surface area contributed by atoms with Gasteiger partial charge in [-0.3, -0.25) is 82.3 Å². The first kappa shape index (κ1) is 93.0. The molecule has 26 N–H and O–H groups in total. The fraction of sp³-hybridized carbons (Fsp3) is 0.630. The van der Waals surface area contributed by atoms with Gasteiger partial charge in [-0.05, 0) is 101 Å². The van der Waals surface area contributed by atoms with E-state index < -0.39 is 137 Å². The number of unbranched alkanes of at least 4 members (excludes halogenated alkanes) is 3. The van der Waals surface area contributed by atoms with Crippen LogP contribution in [-0.2, 0) is 80.0 Å². The first-order chi connectivity index (χ1) is 53.6. The van der Waals surface area contributed by atoms with Gasteiger partial charge in [0, 0.05) is 136 Å². The van der Waals surface area contributed by atoms with E-state index in [1.54, 1.807) is 42.5 Å². The van der Waals surface area contributed by atoms with E-state index in [1.165, 1.54) is 12.1 Å². The number of primary amides is 1. The highest BCUT2D eigenvalue weighted by Crippen LogP contribution is 2.26. The molecule has 0 radical (unpaired) electrons. The molecule has 0 aliphatic carbocycles. The largest absolute Gasteiger partial charge is 0.508 e. The van der Waals surface area contributed by atoms with Crippen LogP contribution < -0.4 is 108 Å². The molecule has 3 saturated heterocycles. The van der Waals surface area contributed by atoms with E-state index >= 15 is 0 Å². The lowest BCUT2D eigenvalue weighted by Crippen LogP contribution is -2.69. The maximum Gasteiger partial charge on any atom is 0.305 e. The predicted octanol–water partition coefficient (Wildman–Crippen LogP) is -5.90. The van der Waals surface area contributed by atoms with Gasteiger partial charge in [-0.25, -0.2) is 0 Å². The average Bonchev–Trinajstić information content (AvgIpc) is 1.60. The third-order valence-electron chi connectivity index (χ3n) is 18.6. The second-order valence-corrected chi connectivity index (χ2v) is 29.5. The number of aliphatic imine (C=N–C) groups is 1. The fourth-order valence-corrected chi connectivity index (χ4v) is 13.7. The number of guanidine groups is 1. The number of benzene rings is 2. The third kappa shape index (κ3) is 35.8. The van der Waals surface area contributed by atoms with Crippen LogP contribution in [0.25, 0.3) is 0 Å². The van der Waals surface area contributed by atoms with Crippen LogP contribution >= 0.6 is 11.8 Å². The number of carboxylic acids is 1. The number of nitrogens with one attached hydrogen (secondary N) is 16. The Balaban J connectivity index is 1.04. The summed E-state index contributed by atoms with van der Waals surface area (Å²) in [7, 11) is 0. The summed E-state index contributed by atoms with van der Waals surface area (Å²) >= 11 is 1.03. The average molecular weight is 1590 g/mol. The monoisotopic (exact) mass is 1590 g/mol. The van der Waals surface area contributed by atoms with Gasteiger partial charge >= 0.3 is 5.97 Å². The zero-order valence-corrected chi connectivity index (χ0v) is 65.0. The number of amides is 13. The van der Waals surface area contributed by atoms with E-state index in [0.717, 1.165) is 16.7 Å². The highest BCUT2D eigenvalue weighted by molar-refractivity contribution is 8.00. The zero-order chi connectivity index (χ0) is 81.9. The number of carbonyl (C=O) groups is 14. The number of aromatic hydroxyl groups is 1. The van der Waals surface area contributed by atoms with Crippen molar-refractivity contribution in [1.82, 2.24) is 90.0 Å². The van der Waals surface area contributed by atoms with Crippen LogP contribution in [0.2, 0.25) is 0 Å². The quantitative estimate of drug-likeness (QED) is 0.00968. The van der Waals surface area contributed by atoms with Crippen molar-refractivity contribution in [3.05, 3.63) is 65.7 Å². The topological polar surface area (TPSA) is 592 Å². The first-order valence-electron chi connectivity index (χ1n) is 38.4. The van der Waals surface area contributed by atoms with E-state index in [0.29, 0.717) is 135 Å². The summed E-state index contributed by atoms with van der Waals surface area (Å²) in [5.74, 6) is -9.40. The molecule has 5 rings (SSSR count). The number of rotatable bonds is 42. The van der Waals surface area contributed by atoms with Gasteiger partial charge in [0.15, 0.2) is 5.96 Å². The first-order valence-corrected chi connectivity index (χ1v) is 39.4. The van der Waals surface area contributed by atoms with Gasteiger partial charge in [-0.15, -0.1) is 11.8 Å². The number of carbonyl (C=O) groups excluding carboxylic acids is 13. The molecule has 0 aromatic heterocycles. The van der Waals surface area contributed by atoms with Gasteiger partial charge in [0.2, 0.25) is 76.8 Å². The Morgan fingerprint density at radius 3 is 1.86 bits per heavy atom. The molecular weight excluding hydrogens is 1470 g/mol. The predicted molar refractivity (Wildman–Crippen MR) is 418 cm³/mol. The number of imide groups is 1. The molecule has 3 aliphatic rings. The number of phenolic OH excluding ortho intramolecular Hbond substituents is 1. The number of likely N-dealkylation sites (tertiary alicyclic amines) is 1. The van der Waals surface area contributed by atoms with Crippen LogP contribution in [0.3, 0.4) is 0 Å². The molecule has 2 aromatic carbocycles. The van der Waals surface area contributed by atoms with Gasteiger partial charge in [0.05, 0.1) is 23.8 Å². The number of phenols is 1. The highest BCUT2D eigenvalue weighted by atomic mass is 32.2. The zero-order valence-electron chi connectivity index (χ0n) is 64.2. The van der Waals surface area contributed by atoms with E-state index in [4.69, 9.17) is 22.9 Å². The van der Waals surface area contributed by atoms with Gasteiger partial charge < -0.3 is 113 Å². The van der Waals surface area contributed by atoms with Gasteiger partial charge in [0.25, 0.3) is 0 Å². The number of nitrogens with two attached hydrogens (primary N) is 4. The molecule has 2 unspecified atom stereocenters. The van der Waals surface area contributed by atoms with Crippen LogP contribution in [0.5, 0.6) is 5.75 Å². The number of carboxylic acid groups (broad SMARTS) is 1. The number of hydrogen-bond donors (Lipinski definition) is 22. The van der Waals surface area contributed by atoms with Crippen molar-refractivity contribution >= 4 is 100 Å². The Morgan fingerprint density at radius 1 is 0.625 bits per heavy atom. The van der Waals surface area contributed by atoms with Gasteiger partial charge in [0.1, 0.15) is 47.7 Å². The Morgan fingerprint density at radius 2 is 1.21 bits per heavy atom. The summed E-state index contributed by atoms with van der Waals surface area (Å²) in [6, 6.07) is 7.10. The second kappa shape index (κ2) is 50.4. The molecule has 112 heavy (non-hydrogen) atoms. The maximum absolute atomic E-state index is 14.2. The minimum absolute atomic E-state index is 0.00151. The van der Waals surface area contributed by atoms with E-state index in [1.807, 2.05) is 13.8 Å². The molecule has 3 aliphatic heterocycles. The molecule has 13 amide bonds. The Hall–Kier alpha value is -9.64. The fourth-order valence-electron chi connectivity index (χ4n) is 12.5. The van der Waals surface area contributed by atoms with E-state index in [2.05, 4.69) is 90.1 Å². The van der Waals surface area contributed by atoms with E-state index in [-0.39, 0.29) is 113 Å². The summed E-state index contributed by atoms with van der Waals surface area (Å²) in [6.45, 7) is 9.01. The molecule has 3 fully saturated rings. The molecular formula is C73H118N22O16S. The minimum Gasteiger partial charge on any atom is -0.508 e. The van der Waals surface area contributed by atoms with Crippen LogP contribution in [0.4, 0.5) is 0 Å². The van der Waals surface area contributed by atoms with Crippen LogP contribution in [0.1, 0.15) is 128 Å². The molecule has 38 nitrogen and oxygen atoms in total. The van der Waals surface area contributed by atoms with Gasteiger partial charge in [-0.2, -0.15) is 0 Å². The molecule has 7 atom stereocenters. The lowest BCUT2D eigenvalue weighted by Gasteiger charge is -2.37. The Kier molecular flexibility index (Phi) is 41.8.